The van der Waals surface area contributed by atoms with Crippen molar-refractivity contribution in [1.29, 1.82) is 0 Å². The molecule has 0 saturated heterocycles. The lowest BCUT2D eigenvalue weighted by atomic mass is 10.3. The molecule has 6 heteroatoms. The van der Waals surface area contributed by atoms with Crippen molar-refractivity contribution in [2.24, 2.45) is 0 Å². The predicted octanol–water partition coefficient (Wildman–Crippen LogP) is 0.299. The molecular weight excluding hydrogens is 172 g/mol. The Morgan fingerprint density at radius 2 is 2.00 bits per heavy atom. The molecule has 0 aliphatic heterocycles. The third-order valence-electron chi connectivity index (χ3n) is 0.936. The third-order valence-corrected chi connectivity index (χ3v) is 1.30. The van der Waals surface area contributed by atoms with Crippen LogP contribution in [0, 0.1) is 0 Å². The highest BCUT2D eigenvalue weighted by Gasteiger charge is 2.13. The molecule has 0 amide bonds. The Morgan fingerprint density at radius 3 is 2.27 bits per heavy atom. The van der Waals surface area contributed by atoms with E-state index in [1.807, 2.05) is 0 Å². The van der Waals surface area contributed by atoms with Crippen LogP contribution in [-0.4, -0.2) is 18.9 Å². The highest BCUT2D eigenvalue weighted by Crippen LogP contribution is 1.98. The predicted molar refractivity (Wildman–Crippen MR) is 37.1 cm³/mol. The molecule has 0 aromatic carbocycles. The van der Waals surface area contributed by atoms with Gasteiger partial charge < -0.3 is 4.18 Å². The van der Waals surface area contributed by atoms with Crippen LogP contribution in [0.15, 0.2) is 11.6 Å². The quantitative estimate of drug-likeness (QED) is 0.488. The summed E-state index contributed by atoms with van der Waals surface area (Å²) < 4.78 is 31.5. The monoisotopic (exact) mass is 180 g/mol. The van der Waals surface area contributed by atoms with Gasteiger partial charge in [-0.3, -0.25) is 4.55 Å². The van der Waals surface area contributed by atoms with Gasteiger partial charge in [0.05, 0.1) is 0 Å². The van der Waals surface area contributed by atoms with Gasteiger partial charge in [-0.25, -0.2) is 4.79 Å². The van der Waals surface area contributed by atoms with E-state index in [0.29, 0.717) is 0 Å². The van der Waals surface area contributed by atoms with Crippen molar-refractivity contribution in [3.63, 3.8) is 0 Å². The van der Waals surface area contributed by atoms with Crippen LogP contribution in [0.5, 0.6) is 0 Å². The molecule has 0 fully saturated rings. The molecule has 0 saturated carbocycles. The Kier molecular flexibility index (Phi) is 3.21. The molecule has 64 valence electrons. The van der Waals surface area contributed by atoms with E-state index in [1.165, 1.54) is 13.0 Å². The summed E-state index contributed by atoms with van der Waals surface area (Å²) in [5, 5.41) is 0. The van der Waals surface area contributed by atoms with Gasteiger partial charge in [-0.2, -0.15) is 8.42 Å². The molecule has 0 aromatic rings. The van der Waals surface area contributed by atoms with Gasteiger partial charge in [-0.1, -0.05) is 6.08 Å². The zero-order valence-electron chi connectivity index (χ0n) is 6.07. The number of allylic oxidation sites excluding steroid dienone is 1. The number of carbonyl (C=O) groups is 1. The molecule has 0 aliphatic rings. The fourth-order valence-electron chi connectivity index (χ4n) is 0.279. The Bertz CT molecular complexity index is 273. The molecule has 0 radical (unpaired) electrons. The first-order valence-electron chi connectivity index (χ1n) is 2.71. The number of hydrogen-bond acceptors (Lipinski definition) is 4. The molecule has 0 unspecified atom stereocenters. The maximum absolute atomic E-state index is 10.6. The summed E-state index contributed by atoms with van der Waals surface area (Å²) >= 11 is 0. The second-order valence-corrected chi connectivity index (χ2v) is 2.79. The van der Waals surface area contributed by atoms with E-state index in [-0.39, 0.29) is 5.57 Å². The normalized spacial score (nSPS) is 12.8. The first-order valence-corrected chi connectivity index (χ1v) is 4.07. The third kappa shape index (κ3) is 4.51. The minimum absolute atomic E-state index is 0.114. The van der Waals surface area contributed by atoms with Crippen molar-refractivity contribution in [3.05, 3.63) is 11.6 Å². The first-order chi connectivity index (χ1) is 4.87. The molecular formula is C5H8O5S. The van der Waals surface area contributed by atoms with Crippen molar-refractivity contribution in [1.82, 2.24) is 0 Å². The molecule has 0 aromatic heterocycles. The van der Waals surface area contributed by atoms with Crippen LogP contribution in [0.25, 0.3) is 0 Å². The topological polar surface area (TPSA) is 80.7 Å². The number of rotatable bonds is 2. The summed E-state index contributed by atoms with van der Waals surface area (Å²) in [5.41, 5.74) is 0.114. The molecule has 0 aliphatic carbocycles. The van der Waals surface area contributed by atoms with Gasteiger partial charge in [-0.05, 0) is 13.8 Å². The van der Waals surface area contributed by atoms with Crippen LogP contribution in [0.4, 0.5) is 0 Å². The largest absolute Gasteiger partial charge is 0.449 e. The summed E-state index contributed by atoms with van der Waals surface area (Å²) in [6.45, 7) is 2.91. The van der Waals surface area contributed by atoms with E-state index >= 15 is 0 Å². The van der Waals surface area contributed by atoms with Crippen LogP contribution >= 0.6 is 0 Å². The highest BCUT2D eigenvalue weighted by molar-refractivity contribution is 7.81. The SMILES string of the molecule is C/C=C(\C)C(=O)OS(=O)(=O)O. The maximum Gasteiger partial charge on any atom is 0.449 e. The highest BCUT2D eigenvalue weighted by atomic mass is 32.3. The molecule has 0 heterocycles. The molecule has 0 bridgehead atoms. The maximum atomic E-state index is 10.6. The van der Waals surface area contributed by atoms with Crippen LogP contribution in [0.3, 0.4) is 0 Å². The number of carbonyl (C=O) groups excluding carboxylic acids is 1. The van der Waals surface area contributed by atoms with Crippen LogP contribution in [0.2, 0.25) is 0 Å². The van der Waals surface area contributed by atoms with Crippen molar-refractivity contribution in [2.45, 2.75) is 13.8 Å². The van der Waals surface area contributed by atoms with Gasteiger partial charge in [0.25, 0.3) is 0 Å². The Hall–Kier alpha value is -0.880. The molecule has 11 heavy (non-hydrogen) atoms. The van der Waals surface area contributed by atoms with Crippen LogP contribution in [0.1, 0.15) is 13.8 Å². The second-order valence-electron chi connectivity index (χ2n) is 1.77. The van der Waals surface area contributed by atoms with E-state index in [9.17, 15) is 13.2 Å². The second kappa shape index (κ2) is 3.49. The van der Waals surface area contributed by atoms with E-state index in [4.69, 9.17) is 4.55 Å². The molecule has 0 spiro atoms. The molecule has 5 nitrogen and oxygen atoms in total. The van der Waals surface area contributed by atoms with E-state index in [2.05, 4.69) is 4.18 Å². The molecule has 1 N–H and O–H groups in total. The summed E-state index contributed by atoms with van der Waals surface area (Å²) in [6.07, 6.45) is 1.37. The summed E-state index contributed by atoms with van der Waals surface area (Å²) in [6, 6.07) is 0. The van der Waals surface area contributed by atoms with Gasteiger partial charge >= 0.3 is 16.4 Å². The van der Waals surface area contributed by atoms with Gasteiger partial charge in [0.1, 0.15) is 0 Å². The first kappa shape index (κ1) is 10.1. The molecule has 0 rings (SSSR count). The zero-order valence-corrected chi connectivity index (χ0v) is 6.88. The van der Waals surface area contributed by atoms with Gasteiger partial charge in [0.15, 0.2) is 0 Å². The van der Waals surface area contributed by atoms with Crippen molar-refractivity contribution in [2.75, 3.05) is 0 Å². The lowest BCUT2D eigenvalue weighted by Gasteiger charge is -1.97. The average Bonchev–Trinajstić information content (AvgIpc) is 1.82. The lowest BCUT2D eigenvalue weighted by molar-refractivity contribution is -0.130. The average molecular weight is 180 g/mol. The van der Waals surface area contributed by atoms with Gasteiger partial charge in [-0.15, -0.1) is 0 Å². The van der Waals surface area contributed by atoms with Gasteiger partial charge in [0.2, 0.25) is 0 Å². The van der Waals surface area contributed by atoms with E-state index in [0.717, 1.165) is 0 Å². The fraction of sp³-hybridized carbons (Fsp3) is 0.400. The Morgan fingerprint density at radius 1 is 1.55 bits per heavy atom. The smallest absolute Gasteiger partial charge is 0.321 e. The standard InChI is InChI=1S/C5H8O5S/c1-3-4(2)5(6)10-11(7,8)9/h3H,1-2H3,(H,7,8,9)/b4-3+. The summed E-state index contributed by atoms with van der Waals surface area (Å²) in [5.74, 6) is -1.07. The number of hydrogen-bond donors (Lipinski definition) is 1. The minimum atomic E-state index is -4.67. The summed E-state index contributed by atoms with van der Waals surface area (Å²) in [7, 11) is -4.67. The van der Waals surface area contributed by atoms with Crippen LogP contribution < -0.4 is 0 Å². The van der Waals surface area contributed by atoms with Crippen molar-refractivity contribution >= 4 is 16.4 Å². The van der Waals surface area contributed by atoms with Crippen molar-refractivity contribution < 1.29 is 21.9 Å². The van der Waals surface area contributed by atoms with Crippen molar-refractivity contribution in [3.8, 4) is 0 Å². The molecule has 0 atom stereocenters. The van der Waals surface area contributed by atoms with E-state index < -0.39 is 16.4 Å². The van der Waals surface area contributed by atoms with Crippen LogP contribution in [-0.2, 0) is 19.4 Å². The zero-order chi connectivity index (χ0) is 9.07. The lowest BCUT2D eigenvalue weighted by Crippen LogP contribution is -2.12. The van der Waals surface area contributed by atoms with Gasteiger partial charge in [0, 0.05) is 5.57 Å². The Balaban J connectivity index is 4.34. The Labute approximate surface area is 64.6 Å². The fourth-order valence-corrected chi connectivity index (χ4v) is 0.602. The van der Waals surface area contributed by atoms with E-state index in [1.54, 1.807) is 6.92 Å². The summed E-state index contributed by atoms with van der Waals surface area (Å²) in [4.78, 5) is 10.6. The minimum Gasteiger partial charge on any atom is -0.321 e.